The van der Waals surface area contributed by atoms with E-state index in [0.717, 1.165) is 6.07 Å². The van der Waals surface area contributed by atoms with E-state index in [-0.39, 0.29) is 70.6 Å². The van der Waals surface area contributed by atoms with Crippen molar-refractivity contribution < 1.29 is 41.0 Å². The fourth-order valence-corrected chi connectivity index (χ4v) is 4.35. The van der Waals surface area contributed by atoms with Crippen LogP contribution in [0.1, 0.15) is 12.8 Å². The first kappa shape index (κ1) is 28.9. The molecule has 14 heteroatoms. The van der Waals surface area contributed by atoms with E-state index in [9.17, 15) is 18.0 Å². The molecule has 1 aliphatic rings. The van der Waals surface area contributed by atoms with Crippen LogP contribution < -0.4 is 20.1 Å². The number of methoxy groups -OCH3 is 2. The highest BCUT2D eigenvalue weighted by Gasteiger charge is 2.30. The standard InChI is InChI=1S/C26H26F5N5O4/c1-4-15(37)7-13-5-6-40-11-17(13)35-25-32-10-14-8-16(34-24(23(14)36-25)33-12-26(29,30)31)20-21(27)18(38-2)9-19(39-3)22(20)28/h4,8-10,13,17H,1,5-7,11-12H2,2-3H3,(H,33,34)(H,32,35,36)/t13-,17-/m1/s1. The largest absolute Gasteiger partial charge is 0.494 e. The molecule has 2 N–H and O–H groups in total. The summed E-state index contributed by atoms with van der Waals surface area (Å²) in [5.41, 5.74) is -1.03. The third-order valence-corrected chi connectivity index (χ3v) is 6.36. The second-order valence-electron chi connectivity index (χ2n) is 8.99. The SMILES string of the molecule is C=CC(=O)C[C@H]1CCOC[C@H]1Nc1ncc2cc(-c3c(F)c(OC)cc(OC)c3F)nc(NCC(F)(F)F)c2n1. The lowest BCUT2D eigenvalue weighted by Gasteiger charge is -2.31. The molecule has 1 saturated heterocycles. The molecule has 0 unspecified atom stereocenters. The van der Waals surface area contributed by atoms with Crippen molar-refractivity contribution in [3.05, 3.63) is 42.6 Å². The summed E-state index contributed by atoms with van der Waals surface area (Å²) in [6.45, 7) is 2.72. The van der Waals surface area contributed by atoms with E-state index in [1.165, 1.54) is 32.6 Å². The van der Waals surface area contributed by atoms with E-state index < -0.39 is 29.9 Å². The Bertz CT molecular complexity index is 1390. The topological polar surface area (TPSA) is 107 Å². The van der Waals surface area contributed by atoms with Crippen LogP contribution in [0.15, 0.2) is 31.0 Å². The highest BCUT2D eigenvalue weighted by Crippen LogP contribution is 2.39. The first-order chi connectivity index (χ1) is 19.0. The number of allylic oxidation sites excluding steroid dienone is 1. The fraction of sp³-hybridized carbons (Fsp3) is 0.385. The summed E-state index contributed by atoms with van der Waals surface area (Å²) in [6.07, 6.45) is -1.28. The summed E-state index contributed by atoms with van der Waals surface area (Å²) < 4.78 is 85.1. The minimum absolute atomic E-state index is 0.0309. The number of nitrogens with one attached hydrogen (secondary N) is 2. The van der Waals surface area contributed by atoms with Gasteiger partial charge in [0.25, 0.3) is 0 Å². The van der Waals surface area contributed by atoms with Crippen LogP contribution in [0.5, 0.6) is 11.5 Å². The molecule has 4 rings (SSSR count). The lowest BCUT2D eigenvalue weighted by molar-refractivity contribution is -0.116. The average Bonchev–Trinajstić information content (AvgIpc) is 2.92. The van der Waals surface area contributed by atoms with Gasteiger partial charge in [-0.2, -0.15) is 13.2 Å². The molecule has 2 aromatic heterocycles. The van der Waals surface area contributed by atoms with Crippen molar-refractivity contribution in [2.45, 2.75) is 25.1 Å². The van der Waals surface area contributed by atoms with Gasteiger partial charge >= 0.3 is 6.18 Å². The number of benzene rings is 1. The normalized spacial score (nSPS) is 17.4. The van der Waals surface area contributed by atoms with Crippen LogP contribution in [0.4, 0.5) is 33.7 Å². The Morgan fingerprint density at radius 1 is 1.18 bits per heavy atom. The molecular formula is C26H26F5N5O4. The van der Waals surface area contributed by atoms with Crippen molar-refractivity contribution in [1.82, 2.24) is 15.0 Å². The van der Waals surface area contributed by atoms with Gasteiger partial charge in [-0.3, -0.25) is 4.79 Å². The van der Waals surface area contributed by atoms with E-state index >= 15 is 8.78 Å². The lowest BCUT2D eigenvalue weighted by atomic mass is 9.90. The molecule has 3 aromatic rings. The molecule has 0 saturated carbocycles. The van der Waals surface area contributed by atoms with Gasteiger partial charge in [-0.25, -0.2) is 23.7 Å². The monoisotopic (exact) mass is 567 g/mol. The van der Waals surface area contributed by atoms with Crippen LogP contribution in [0.3, 0.4) is 0 Å². The maximum atomic E-state index is 15.2. The Morgan fingerprint density at radius 3 is 2.50 bits per heavy atom. The molecule has 0 bridgehead atoms. The van der Waals surface area contributed by atoms with E-state index in [1.54, 1.807) is 0 Å². The number of carbonyl (C=O) groups excluding carboxylic acids is 1. The highest BCUT2D eigenvalue weighted by atomic mass is 19.4. The van der Waals surface area contributed by atoms with Gasteiger partial charge in [0.05, 0.1) is 38.1 Å². The Labute approximate surface area is 225 Å². The van der Waals surface area contributed by atoms with Crippen LogP contribution in [0.25, 0.3) is 22.2 Å². The first-order valence-electron chi connectivity index (χ1n) is 12.1. The number of hydrogen-bond acceptors (Lipinski definition) is 9. The van der Waals surface area contributed by atoms with Crippen molar-refractivity contribution in [3.63, 3.8) is 0 Å². The van der Waals surface area contributed by atoms with Crippen molar-refractivity contribution in [1.29, 1.82) is 0 Å². The van der Waals surface area contributed by atoms with Crippen LogP contribution in [0, 0.1) is 17.6 Å². The zero-order valence-corrected chi connectivity index (χ0v) is 21.6. The Morgan fingerprint density at radius 2 is 1.88 bits per heavy atom. The third-order valence-electron chi connectivity index (χ3n) is 6.36. The number of rotatable bonds is 10. The van der Waals surface area contributed by atoms with Gasteiger partial charge in [-0.1, -0.05) is 6.58 Å². The molecular weight excluding hydrogens is 541 g/mol. The van der Waals surface area contributed by atoms with Gasteiger partial charge in [-0.05, 0) is 24.5 Å². The minimum Gasteiger partial charge on any atom is -0.494 e. The number of carbonyl (C=O) groups is 1. The fourth-order valence-electron chi connectivity index (χ4n) is 4.35. The van der Waals surface area contributed by atoms with Crippen molar-refractivity contribution in [2.24, 2.45) is 5.92 Å². The van der Waals surface area contributed by atoms with Gasteiger partial charge < -0.3 is 24.8 Å². The van der Waals surface area contributed by atoms with Crippen LogP contribution >= 0.6 is 0 Å². The maximum absolute atomic E-state index is 15.2. The number of hydrogen-bond donors (Lipinski definition) is 2. The number of anilines is 2. The summed E-state index contributed by atoms with van der Waals surface area (Å²) in [7, 11) is 2.34. The summed E-state index contributed by atoms with van der Waals surface area (Å²) >= 11 is 0. The van der Waals surface area contributed by atoms with Crippen molar-refractivity contribution in [3.8, 4) is 22.8 Å². The van der Waals surface area contributed by atoms with Gasteiger partial charge in [0, 0.05) is 30.7 Å². The molecule has 2 atom stereocenters. The number of pyridine rings is 1. The molecule has 0 spiro atoms. The summed E-state index contributed by atoms with van der Waals surface area (Å²) in [5, 5.41) is 5.40. The third kappa shape index (κ3) is 6.38. The number of halogens is 5. The molecule has 214 valence electrons. The second-order valence-corrected chi connectivity index (χ2v) is 8.99. The molecule has 3 heterocycles. The van der Waals surface area contributed by atoms with Crippen molar-refractivity contribution in [2.75, 3.05) is 44.6 Å². The van der Waals surface area contributed by atoms with Crippen molar-refractivity contribution >= 4 is 28.5 Å². The number of fused-ring (bicyclic) bond motifs is 1. The molecule has 1 aromatic carbocycles. The number of aromatic nitrogens is 3. The van der Waals surface area contributed by atoms with Gasteiger partial charge in [0.1, 0.15) is 12.1 Å². The Kier molecular flexibility index (Phi) is 8.67. The van der Waals surface area contributed by atoms with E-state index in [0.29, 0.717) is 13.0 Å². The number of alkyl halides is 3. The number of ether oxygens (including phenoxy) is 3. The molecule has 0 aliphatic carbocycles. The van der Waals surface area contributed by atoms with Crippen LogP contribution in [0.2, 0.25) is 0 Å². The first-order valence-corrected chi connectivity index (χ1v) is 12.1. The predicted octanol–water partition coefficient (Wildman–Crippen LogP) is 4.92. The second kappa shape index (κ2) is 12.0. The zero-order chi connectivity index (χ0) is 29.0. The molecule has 0 radical (unpaired) electrons. The highest BCUT2D eigenvalue weighted by molar-refractivity contribution is 5.92. The van der Waals surface area contributed by atoms with Crippen LogP contribution in [-0.4, -0.2) is 66.9 Å². The van der Waals surface area contributed by atoms with Gasteiger partial charge in [0.15, 0.2) is 34.7 Å². The maximum Gasteiger partial charge on any atom is 0.405 e. The van der Waals surface area contributed by atoms with Gasteiger partial charge in [-0.15, -0.1) is 0 Å². The average molecular weight is 568 g/mol. The molecule has 0 amide bonds. The zero-order valence-electron chi connectivity index (χ0n) is 21.6. The predicted molar refractivity (Wildman–Crippen MR) is 136 cm³/mol. The summed E-state index contributed by atoms with van der Waals surface area (Å²) in [5.74, 6) is -3.53. The lowest BCUT2D eigenvalue weighted by Crippen LogP contribution is -2.40. The van der Waals surface area contributed by atoms with E-state index in [2.05, 4.69) is 32.2 Å². The molecule has 1 fully saturated rings. The Balaban J connectivity index is 1.79. The Hall–Kier alpha value is -4.07. The van der Waals surface area contributed by atoms with Gasteiger partial charge in [0.2, 0.25) is 5.95 Å². The summed E-state index contributed by atoms with van der Waals surface area (Å²) in [6, 6.07) is 1.89. The molecule has 1 aliphatic heterocycles. The molecule has 9 nitrogen and oxygen atoms in total. The quantitative estimate of drug-likeness (QED) is 0.261. The minimum atomic E-state index is -4.63. The van der Waals surface area contributed by atoms with Crippen LogP contribution in [-0.2, 0) is 9.53 Å². The smallest absolute Gasteiger partial charge is 0.405 e. The number of ketones is 1. The molecule has 40 heavy (non-hydrogen) atoms. The number of nitrogens with zero attached hydrogens (tertiary/aromatic N) is 3. The summed E-state index contributed by atoms with van der Waals surface area (Å²) in [4.78, 5) is 24.6. The van der Waals surface area contributed by atoms with E-state index in [4.69, 9.17) is 14.2 Å². The van der Waals surface area contributed by atoms with E-state index in [1.807, 2.05) is 0 Å².